The fourth-order valence-electron chi connectivity index (χ4n) is 2.03. The van der Waals surface area contributed by atoms with E-state index in [0.29, 0.717) is 11.2 Å². The van der Waals surface area contributed by atoms with E-state index in [1.54, 1.807) is 12.1 Å². The lowest BCUT2D eigenvalue weighted by Gasteiger charge is -2.13. The molecule has 1 aliphatic rings. The summed E-state index contributed by atoms with van der Waals surface area (Å²) in [5.41, 5.74) is 1.59. The number of urea groups is 1. The Morgan fingerprint density at radius 2 is 1.89 bits per heavy atom. The van der Waals surface area contributed by atoms with Crippen LogP contribution in [0.1, 0.15) is 5.69 Å². The number of nitrogens with one attached hydrogen (secondary N) is 1. The van der Waals surface area contributed by atoms with E-state index in [9.17, 15) is 14.4 Å². The van der Waals surface area contributed by atoms with Crippen molar-refractivity contribution in [2.45, 2.75) is 6.92 Å². The molecule has 1 fully saturated rings. The molecule has 0 atom stereocenters. The van der Waals surface area contributed by atoms with Gasteiger partial charge in [0, 0.05) is 11.1 Å². The molecule has 6 nitrogen and oxygen atoms in total. The quantitative estimate of drug-likeness (QED) is 0.612. The van der Waals surface area contributed by atoms with Crippen molar-refractivity contribution in [1.29, 1.82) is 0 Å². The van der Waals surface area contributed by atoms with Crippen molar-refractivity contribution in [3.05, 3.63) is 36.0 Å². The molecule has 0 unspecified atom stereocenters. The molecule has 1 aromatic heterocycles. The summed E-state index contributed by atoms with van der Waals surface area (Å²) >= 11 is 0. The number of aromatic nitrogens is 1. The summed E-state index contributed by atoms with van der Waals surface area (Å²) in [5, 5.41) is 2.76. The average molecular weight is 255 g/mol. The van der Waals surface area contributed by atoms with E-state index in [0.717, 1.165) is 16.0 Å². The number of carbonyl (C=O) groups excluding carboxylic acids is 3. The minimum absolute atomic E-state index is 0.314. The van der Waals surface area contributed by atoms with Crippen molar-refractivity contribution in [3.8, 4) is 0 Å². The molecule has 0 bridgehead atoms. The molecule has 19 heavy (non-hydrogen) atoms. The molecule has 1 saturated heterocycles. The highest BCUT2D eigenvalue weighted by Gasteiger charge is 2.38. The Labute approximate surface area is 108 Å². The highest BCUT2D eigenvalue weighted by molar-refractivity contribution is 6.53. The van der Waals surface area contributed by atoms with Gasteiger partial charge in [0.2, 0.25) is 0 Å². The van der Waals surface area contributed by atoms with E-state index in [4.69, 9.17) is 0 Å². The maximum Gasteiger partial charge on any atom is 0.336 e. The van der Waals surface area contributed by atoms with Gasteiger partial charge in [0.15, 0.2) is 0 Å². The van der Waals surface area contributed by atoms with Crippen molar-refractivity contribution >= 4 is 34.4 Å². The summed E-state index contributed by atoms with van der Waals surface area (Å²) in [6, 6.07) is 8.06. The molecule has 1 aromatic carbocycles. The van der Waals surface area contributed by atoms with Crippen LogP contribution in [0.15, 0.2) is 30.3 Å². The lowest BCUT2D eigenvalue weighted by Crippen LogP contribution is -2.31. The van der Waals surface area contributed by atoms with Gasteiger partial charge in [0.05, 0.1) is 11.2 Å². The first kappa shape index (κ1) is 11.3. The number of amides is 4. The fraction of sp³-hybridized carbons (Fsp3) is 0.0769. The summed E-state index contributed by atoms with van der Waals surface area (Å²) in [4.78, 5) is 39.8. The maximum atomic E-state index is 11.7. The van der Waals surface area contributed by atoms with Crippen LogP contribution in [-0.4, -0.2) is 22.8 Å². The molecule has 0 spiro atoms. The second kappa shape index (κ2) is 3.88. The largest absolute Gasteiger partial charge is 0.336 e. The number of para-hydroxylation sites is 1. The third-order valence-corrected chi connectivity index (χ3v) is 2.90. The smallest absolute Gasteiger partial charge is 0.269 e. The van der Waals surface area contributed by atoms with Gasteiger partial charge in [-0.1, -0.05) is 18.2 Å². The minimum atomic E-state index is -0.922. The Bertz CT molecular complexity index is 739. The third kappa shape index (κ3) is 1.65. The minimum Gasteiger partial charge on any atom is -0.269 e. The number of aryl methyl sites for hydroxylation is 1. The number of rotatable bonds is 1. The highest BCUT2D eigenvalue weighted by atomic mass is 16.2. The van der Waals surface area contributed by atoms with Crippen molar-refractivity contribution in [2.24, 2.45) is 0 Å². The van der Waals surface area contributed by atoms with Gasteiger partial charge >= 0.3 is 17.8 Å². The second-order valence-electron chi connectivity index (χ2n) is 4.20. The van der Waals surface area contributed by atoms with E-state index in [1.165, 1.54) is 0 Å². The van der Waals surface area contributed by atoms with Gasteiger partial charge in [-0.05, 0) is 19.1 Å². The first-order valence-corrected chi connectivity index (χ1v) is 5.64. The molecule has 1 N–H and O–H groups in total. The van der Waals surface area contributed by atoms with Crippen molar-refractivity contribution < 1.29 is 14.4 Å². The maximum absolute atomic E-state index is 11.7. The summed E-state index contributed by atoms with van der Waals surface area (Å²) in [5.74, 6) is -1.81. The number of pyridine rings is 1. The Hall–Kier alpha value is -2.76. The van der Waals surface area contributed by atoms with Crippen molar-refractivity contribution in [1.82, 2.24) is 10.3 Å². The van der Waals surface area contributed by atoms with Crippen molar-refractivity contribution in [2.75, 3.05) is 4.90 Å². The number of carbonyl (C=O) groups is 3. The summed E-state index contributed by atoms with van der Waals surface area (Å²) < 4.78 is 0. The number of benzene rings is 1. The van der Waals surface area contributed by atoms with Gasteiger partial charge in [-0.2, -0.15) is 0 Å². The second-order valence-corrected chi connectivity index (χ2v) is 4.20. The molecule has 94 valence electrons. The lowest BCUT2D eigenvalue weighted by atomic mass is 10.1. The molecular weight excluding hydrogens is 246 g/mol. The highest BCUT2D eigenvalue weighted by Crippen LogP contribution is 2.27. The van der Waals surface area contributed by atoms with Crippen LogP contribution < -0.4 is 10.2 Å². The van der Waals surface area contributed by atoms with E-state index in [2.05, 4.69) is 4.98 Å². The monoisotopic (exact) mass is 255 g/mol. The van der Waals surface area contributed by atoms with Crippen LogP contribution in [0.5, 0.6) is 0 Å². The Morgan fingerprint density at radius 1 is 1.11 bits per heavy atom. The topological polar surface area (TPSA) is 79.4 Å². The third-order valence-electron chi connectivity index (χ3n) is 2.90. The Kier molecular flexibility index (Phi) is 2.31. The summed E-state index contributed by atoms with van der Waals surface area (Å²) in [6.07, 6.45) is 0. The molecule has 1 aliphatic heterocycles. The lowest BCUT2D eigenvalue weighted by molar-refractivity contribution is -0.134. The van der Waals surface area contributed by atoms with Crippen LogP contribution >= 0.6 is 0 Å². The number of anilines is 1. The van der Waals surface area contributed by atoms with E-state index >= 15 is 0 Å². The standard InChI is InChI=1S/C13H9N3O3/c1-7-5-6-8-3-2-4-9(10(8)14-7)16-12(18)11(17)15-13(16)19/h2-6H,1H3,(H,15,17,19). The Balaban J connectivity index is 2.26. The van der Waals surface area contributed by atoms with Crippen LogP contribution in [0.2, 0.25) is 0 Å². The molecule has 6 heteroatoms. The van der Waals surface area contributed by atoms with Gasteiger partial charge in [0.25, 0.3) is 0 Å². The van der Waals surface area contributed by atoms with Gasteiger partial charge < -0.3 is 0 Å². The molecule has 0 aliphatic carbocycles. The molecule has 3 rings (SSSR count). The number of imide groups is 2. The van der Waals surface area contributed by atoms with Crippen LogP contribution in [0, 0.1) is 6.92 Å². The predicted octanol–water partition coefficient (Wildman–Crippen LogP) is 1.13. The average Bonchev–Trinajstić information content (AvgIpc) is 2.63. The normalized spacial score (nSPS) is 15.2. The van der Waals surface area contributed by atoms with E-state index in [1.807, 2.05) is 30.4 Å². The fourth-order valence-corrected chi connectivity index (χ4v) is 2.03. The van der Waals surface area contributed by atoms with Crippen LogP contribution in [0.25, 0.3) is 10.9 Å². The number of nitrogens with zero attached hydrogens (tertiary/aromatic N) is 2. The van der Waals surface area contributed by atoms with Crippen LogP contribution in [0.3, 0.4) is 0 Å². The van der Waals surface area contributed by atoms with Crippen LogP contribution in [-0.2, 0) is 9.59 Å². The van der Waals surface area contributed by atoms with E-state index in [-0.39, 0.29) is 0 Å². The number of hydrogen-bond donors (Lipinski definition) is 1. The zero-order valence-corrected chi connectivity index (χ0v) is 10.0. The molecular formula is C13H9N3O3. The molecule has 0 saturated carbocycles. The van der Waals surface area contributed by atoms with Gasteiger partial charge in [-0.15, -0.1) is 0 Å². The molecule has 2 heterocycles. The summed E-state index contributed by atoms with van der Waals surface area (Å²) in [7, 11) is 0. The summed E-state index contributed by atoms with van der Waals surface area (Å²) in [6.45, 7) is 1.81. The molecule has 0 radical (unpaired) electrons. The predicted molar refractivity (Wildman–Crippen MR) is 67.5 cm³/mol. The zero-order valence-electron chi connectivity index (χ0n) is 10.0. The Morgan fingerprint density at radius 3 is 2.58 bits per heavy atom. The molecule has 4 amide bonds. The van der Waals surface area contributed by atoms with Crippen molar-refractivity contribution in [3.63, 3.8) is 0 Å². The van der Waals surface area contributed by atoms with E-state index < -0.39 is 17.8 Å². The SMILES string of the molecule is Cc1ccc2cccc(N3C(=O)NC(=O)C3=O)c2n1. The van der Waals surface area contributed by atoms with Gasteiger partial charge in [-0.3, -0.25) is 19.9 Å². The van der Waals surface area contributed by atoms with Gasteiger partial charge in [0.1, 0.15) is 0 Å². The van der Waals surface area contributed by atoms with Gasteiger partial charge in [-0.25, -0.2) is 9.69 Å². The first-order chi connectivity index (χ1) is 9.08. The number of fused-ring (bicyclic) bond motifs is 1. The zero-order chi connectivity index (χ0) is 13.6. The molecule has 2 aromatic rings. The number of hydrogen-bond acceptors (Lipinski definition) is 4. The van der Waals surface area contributed by atoms with Crippen LogP contribution in [0.4, 0.5) is 10.5 Å². The first-order valence-electron chi connectivity index (χ1n) is 5.64.